The molecule has 1 N–H and O–H groups in total. The molecular weight excluding hydrogens is 250 g/mol. The lowest BCUT2D eigenvalue weighted by atomic mass is 10.1. The van der Waals surface area contributed by atoms with Crippen LogP contribution in [0.3, 0.4) is 0 Å². The molecule has 0 radical (unpaired) electrons. The maximum Gasteiger partial charge on any atom is 0.168 e. The highest BCUT2D eigenvalue weighted by Crippen LogP contribution is 2.11. The van der Waals surface area contributed by atoms with Gasteiger partial charge in [0.2, 0.25) is 0 Å². The zero-order valence-corrected chi connectivity index (χ0v) is 12.7. The highest BCUT2D eigenvalue weighted by Gasteiger charge is 2.14. The van der Waals surface area contributed by atoms with Gasteiger partial charge in [0.15, 0.2) is 5.82 Å². The van der Waals surface area contributed by atoms with E-state index < -0.39 is 0 Å². The van der Waals surface area contributed by atoms with Crippen molar-refractivity contribution in [3.8, 4) is 0 Å². The molecule has 0 amide bonds. The SMILES string of the molecule is Cc1ccc(Cn2nnnc2C(C)NCC(C)C)cc1. The molecule has 1 heterocycles. The van der Waals surface area contributed by atoms with E-state index in [1.54, 1.807) is 0 Å². The molecule has 1 unspecified atom stereocenters. The summed E-state index contributed by atoms with van der Waals surface area (Å²) in [4.78, 5) is 0. The summed E-state index contributed by atoms with van der Waals surface area (Å²) < 4.78 is 1.86. The Labute approximate surface area is 120 Å². The lowest BCUT2D eigenvalue weighted by Gasteiger charge is -2.15. The maximum atomic E-state index is 4.15. The Balaban J connectivity index is 2.06. The second-order valence-corrected chi connectivity index (χ2v) is 5.70. The summed E-state index contributed by atoms with van der Waals surface area (Å²) in [6, 6.07) is 8.61. The molecule has 20 heavy (non-hydrogen) atoms. The molecule has 1 aromatic carbocycles. The van der Waals surface area contributed by atoms with Crippen LogP contribution in [-0.4, -0.2) is 26.8 Å². The molecule has 2 rings (SSSR count). The topological polar surface area (TPSA) is 55.6 Å². The highest BCUT2D eigenvalue weighted by atomic mass is 15.5. The van der Waals surface area contributed by atoms with Gasteiger partial charge in [-0.05, 0) is 42.3 Å². The fourth-order valence-corrected chi connectivity index (χ4v) is 2.00. The summed E-state index contributed by atoms with van der Waals surface area (Å²) in [5.74, 6) is 1.49. The van der Waals surface area contributed by atoms with Crippen molar-refractivity contribution in [1.82, 2.24) is 25.5 Å². The van der Waals surface area contributed by atoms with Gasteiger partial charge in [-0.3, -0.25) is 0 Å². The lowest BCUT2D eigenvalue weighted by Crippen LogP contribution is -2.26. The average molecular weight is 273 g/mol. The monoisotopic (exact) mass is 273 g/mol. The number of nitrogens with zero attached hydrogens (tertiary/aromatic N) is 4. The first-order valence-electron chi connectivity index (χ1n) is 7.11. The van der Waals surface area contributed by atoms with Crippen LogP contribution in [-0.2, 0) is 6.54 Å². The zero-order chi connectivity index (χ0) is 14.5. The third-order valence-electron chi connectivity index (χ3n) is 3.23. The van der Waals surface area contributed by atoms with Crippen molar-refractivity contribution in [3.05, 3.63) is 41.2 Å². The minimum absolute atomic E-state index is 0.151. The van der Waals surface area contributed by atoms with Crippen LogP contribution < -0.4 is 5.32 Å². The highest BCUT2D eigenvalue weighted by molar-refractivity contribution is 5.21. The quantitative estimate of drug-likeness (QED) is 0.877. The van der Waals surface area contributed by atoms with Gasteiger partial charge in [-0.1, -0.05) is 43.7 Å². The van der Waals surface area contributed by atoms with Crippen molar-refractivity contribution >= 4 is 0 Å². The Morgan fingerprint density at radius 2 is 1.85 bits per heavy atom. The number of hydrogen-bond acceptors (Lipinski definition) is 4. The van der Waals surface area contributed by atoms with Crippen LogP contribution in [0.4, 0.5) is 0 Å². The van der Waals surface area contributed by atoms with Gasteiger partial charge in [-0.25, -0.2) is 4.68 Å². The second-order valence-electron chi connectivity index (χ2n) is 5.70. The molecular formula is C15H23N5. The molecule has 0 spiro atoms. The maximum absolute atomic E-state index is 4.15. The van der Waals surface area contributed by atoms with E-state index in [1.807, 2.05) is 4.68 Å². The average Bonchev–Trinajstić information content (AvgIpc) is 2.87. The molecule has 5 heteroatoms. The number of aromatic nitrogens is 4. The number of nitrogens with one attached hydrogen (secondary N) is 1. The first-order chi connectivity index (χ1) is 9.56. The third kappa shape index (κ3) is 3.87. The number of tetrazole rings is 1. The van der Waals surface area contributed by atoms with E-state index >= 15 is 0 Å². The molecule has 0 saturated carbocycles. The van der Waals surface area contributed by atoms with Crippen molar-refractivity contribution in [2.24, 2.45) is 5.92 Å². The van der Waals surface area contributed by atoms with E-state index in [4.69, 9.17) is 0 Å². The molecule has 108 valence electrons. The molecule has 2 aromatic rings. The van der Waals surface area contributed by atoms with Crippen molar-refractivity contribution < 1.29 is 0 Å². The van der Waals surface area contributed by atoms with Crippen molar-refractivity contribution in [2.45, 2.75) is 40.3 Å². The third-order valence-corrected chi connectivity index (χ3v) is 3.23. The Hall–Kier alpha value is -1.75. The van der Waals surface area contributed by atoms with Gasteiger partial charge in [-0.15, -0.1) is 5.10 Å². The molecule has 1 aromatic heterocycles. The summed E-state index contributed by atoms with van der Waals surface area (Å²) in [6.07, 6.45) is 0. The molecule has 0 fully saturated rings. The molecule has 1 atom stereocenters. The van der Waals surface area contributed by atoms with Gasteiger partial charge < -0.3 is 5.32 Å². The predicted molar refractivity (Wildman–Crippen MR) is 79.4 cm³/mol. The van der Waals surface area contributed by atoms with E-state index in [-0.39, 0.29) is 6.04 Å². The number of hydrogen-bond donors (Lipinski definition) is 1. The second kappa shape index (κ2) is 6.61. The van der Waals surface area contributed by atoms with Gasteiger partial charge in [0.25, 0.3) is 0 Å². The van der Waals surface area contributed by atoms with Gasteiger partial charge in [0.05, 0.1) is 12.6 Å². The van der Waals surface area contributed by atoms with E-state index in [2.05, 4.69) is 72.8 Å². The summed E-state index contributed by atoms with van der Waals surface area (Å²) in [5, 5.41) is 15.5. The van der Waals surface area contributed by atoms with Gasteiger partial charge >= 0.3 is 0 Å². The summed E-state index contributed by atoms with van der Waals surface area (Å²) in [6.45, 7) is 10.2. The first kappa shape index (κ1) is 14.7. The fraction of sp³-hybridized carbons (Fsp3) is 0.533. The molecule has 0 aliphatic carbocycles. The van der Waals surface area contributed by atoms with Crippen molar-refractivity contribution in [1.29, 1.82) is 0 Å². The zero-order valence-electron chi connectivity index (χ0n) is 12.7. The fourth-order valence-electron chi connectivity index (χ4n) is 2.00. The Morgan fingerprint density at radius 1 is 1.15 bits per heavy atom. The van der Waals surface area contributed by atoms with Gasteiger partial charge in [0.1, 0.15) is 0 Å². The van der Waals surface area contributed by atoms with Crippen LogP contribution in [0.15, 0.2) is 24.3 Å². The molecule has 5 nitrogen and oxygen atoms in total. The Kier molecular flexibility index (Phi) is 4.84. The summed E-state index contributed by atoms with van der Waals surface area (Å²) in [5.41, 5.74) is 2.47. The van der Waals surface area contributed by atoms with Crippen LogP contribution in [0.5, 0.6) is 0 Å². The number of benzene rings is 1. The summed E-state index contributed by atoms with van der Waals surface area (Å²) in [7, 11) is 0. The Bertz CT molecular complexity index is 529. The lowest BCUT2D eigenvalue weighted by molar-refractivity contribution is 0.461. The standard InChI is InChI=1S/C15H23N5/c1-11(2)9-16-13(4)15-17-18-19-20(15)10-14-7-5-12(3)6-8-14/h5-8,11,13,16H,9-10H2,1-4H3. The van der Waals surface area contributed by atoms with Gasteiger partial charge in [-0.2, -0.15) is 0 Å². The van der Waals surface area contributed by atoms with Crippen LogP contribution in [0.25, 0.3) is 0 Å². The van der Waals surface area contributed by atoms with E-state index in [0.717, 1.165) is 12.4 Å². The Morgan fingerprint density at radius 3 is 2.50 bits per heavy atom. The van der Waals surface area contributed by atoms with Crippen molar-refractivity contribution in [2.75, 3.05) is 6.54 Å². The molecule has 0 bridgehead atoms. The van der Waals surface area contributed by atoms with E-state index in [9.17, 15) is 0 Å². The van der Waals surface area contributed by atoms with Crippen molar-refractivity contribution in [3.63, 3.8) is 0 Å². The van der Waals surface area contributed by atoms with E-state index in [0.29, 0.717) is 12.5 Å². The largest absolute Gasteiger partial charge is 0.307 e. The van der Waals surface area contributed by atoms with Crippen LogP contribution in [0.2, 0.25) is 0 Å². The van der Waals surface area contributed by atoms with Gasteiger partial charge in [0, 0.05) is 0 Å². The van der Waals surface area contributed by atoms with Crippen LogP contribution in [0.1, 0.15) is 43.8 Å². The molecule has 0 aliphatic rings. The summed E-state index contributed by atoms with van der Waals surface area (Å²) >= 11 is 0. The van der Waals surface area contributed by atoms with Crippen LogP contribution >= 0.6 is 0 Å². The minimum Gasteiger partial charge on any atom is -0.307 e. The molecule has 0 saturated heterocycles. The molecule has 0 aliphatic heterocycles. The number of rotatable bonds is 6. The minimum atomic E-state index is 0.151. The first-order valence-corrected chi connectivity index (χ1v) is 7.11. The number of aryl methyl sites for hydroxylation is 1. The smallest absolute Gasteiger partial charge is 0.168 e. The van der Waals surface area contributed by atoms with Crippen LogP contribution in [0, 0.1) is 12.8 Å². The predicted octanol–water partition coefficient (Wildman–Crippen LogP) is 2.34. The van der Waals surface area contributed by atoms with E-state index in [1.165, 1.54) is 11.1 Å². The normalized spacial score (nSPS) is 12.8.